The van der Waals surface area contributed by atoms with Crippen LogP contribution in [-0.4, -0.2) is 46.3 Å². The van der Waals surface area contributed by atoms with Gasteiger partial charge in [0.2, 0.25) is 11.1 Å². The first-order chi connectivity index (χ1) is 14.3. The second kappa shape index (κ2) is 9.11. The molecule has 0 bridgehead atoms. The molecule has 1 amide bonds. The molecule has 0 unspecified atom stereocenters. The van der Waals surface area contributed by atoms with Crippen LogP contribution >= 0.6 is 11.8 Å². The van der Waals surface area contributed by atoms with Crippen molar-refractivity contribution in [2.75, 3.05) is 25.7 Å². The van der Waals surface area contributed by atoms with Crippen molar-refractivity contribution >= 4 is 17.7 Å². The number of nitrogens with one attached hydrogen (secondary N) is 2. The fourth-order valence-corrected chi connectivity index (χ4v) is 4.37. The van der Waals surface area contributed by atoms with Gasteiger partial charge in [0, 0.05) is 25.8 Å². The molecular weight excluding hydrogens is 386 g/mol. The Morgan fingerprint density at radius 2 is 1.86 bits per heavy atom. The van der Waals surface area contributed by atoms with Crippen LogP contribution in [0.3, 0.4) is 0 Å². The quantitative estimate of drug-likeness (QED) is 0.584. The number of amides is 1. The normalized spacial score (nSPS) is 18.0. The number of ether oxygens (including phenoxy) is 1. The first-order valence-corrected chi connectivity index (χ1v) is 10.4. The van der Waals surface area contributed by atoms with Crippen molar-refractivity contribution in [3.05, 3.63) is 66.2 Å². The lowest BCUT2D eigenvalue weighted by molar-refractivity contribution is -0.121. The highest BCUT2D eigenvalue weighted by molar-refractivity contribution is 8.00. The lowest BCUT2D eigenvalue weighted by Crippen LogP contribution is -2.44. The molecule has 150 valence electrons. The minimum Gasteiger partial charge on any atom is -0.385 e. The van der Waals surface area contributed by atoms with Gasteiger partial charge in [-0.2, -0.15) is 0 Å². The van der Waals surface area contributed by atoms with E-state index in [4.69, 9.17) is 4.74 Å². The Balaban J connectivity index is 1.62. The van der Waals surface area contributed by atoms with Gasteiger partial charge < -0.3 is 15.5 Å². The zero-order chi connectivity index (χ0) is 20.1. The smallest absolute Gasteiger partial charge is 0.236 e. The summed E-state index contributed by atoms with van der Waals surface area (Å²) < 4.78 is 6.94. The molecule has 29 heavy (non-hydrogen) atoms. The number of hydrogen-bond acceptors (Lipinski definition) is 6. The van der Waals surface area contributed by atoms with E-state index in [1.54, 1.807) is 7.11 Å². The Hall–Kier alpha value is -2.84. The fraction of sp³-hybridized carbons (Fsp3) is 0.286. The second-order valence-electron chi connectivity index (χ2n) is 6.70. The molecule has 7 nitrogen and oxygen atoms in total. The van der Waals surface area contributed by atoms with E-state index in [0.29, 0.717) is 18.3 Å². The van der Waals surface area contributed by atoms with E-state index < -0.39 is 0 Å². The summed E-state index contributed by atoms with van der Waals surface area (Å²) in [5, 5.41) is 12.0. The predicted octanol–water partition coefficient (Wildman–Crippen LogP) is 2.86. The van der Waals surface area contributed by atoms with Crippen LogP contribution in [0.4, 0.5) is 0 Å². The van der Waals surface area contributed by atoms with Crippen LogP contribution in [0.25, 0.3) is 11.4 Å². The Morgan fingerprint density at radius 3 is 2.59 bits per heavy atom. The lowest BCUT2D eigenvalue weighted by atomic mass is 10.0. The molecule has 0 fully saturated rings. The van der Waals surface area contributed by atoms with Crippen LogP contribution < -0.4 is 10.7 Å². The van der Waals surface area contributed by atoms with Gasteiger partial charge in [0.05, 0.1) is 6.04 Å². The molecule has 8 heteroatoms. The van der Waals surface area contributed by atoms with Crippen molar-refractivity contribution in [2.45, 2.75) is 22.9 Å². The number of methoxy groups -OCH3 is 1. The summed E-state index contributed by atoms with van der Waals surface area (Å²) in [4.78, 5) is 13.0. The molecule has 0 saturated carbocycles. The standard InChI is InChI=1S/C21H23N5O2S/c1-28-14-8-13-22-20(27)18-17(15-9-4-2-5-10-15)25-26-19(23-24-21(26)29-18)16-11-6-3-7-12-16/h2-7,9-12,17-18,25H,8,13-14H2,1H3,(H,22,27)/t17-,18-/m1/s1. The summed E-state index contributed by atoms with van der Waals surface area (Å²) in [5.74, 6) is 0.705. The third kappa shape index (κ3) is 4.28. The summed E-state index contributed by atoms with van der Waals surface area (Å²) in [7, 11) is 1.66. The predicted molar refractivity (Wildman–Crippen MR) is 113 cm³/mol. The fourth-order valence-electron chi connectivity index (χ4n) is 3.27. The number of carbonyl (C=O) groups is 1. The lowest BCUT2D eigenvalue weighted by Gasteiger charge is -2.33. The highest BCUT2D eigenvalue weighted by Gasteiger charge is 2.37. The number of hydrogen-bond donors (Lipinski definition) is 2. The molecule has 1 aliphatic heterocycles. The van der Waals surface area contributed by atoms with E-state index in [0.717, 1.165) is 23.4 Å². The van der Waals surface area contributed by atoms with E-state index in [1.165, 1.54) is 11.8 Å². The SMILES string of the molecule is COCCCNC(=O)[C@@H]1Sc2nnc(-c3ccccc3)n2N[C@@H]1c1ccccc1. The Kier molecular flexibility index (Phi) is 6.12. The molecule has 3 aromatic rings. The van der Waals surface area contributed by atoms with E-state index in [1.807, 2.05) is 65.3 Å². The van der Waals surface area contributed by atoms with E-state index in [9.17, 15) is 4.79 Å². The average Bonchev–Trinajstić information content (AvgIpc) is 3.20. The molecule has 2 atom stereocenters. The first-order valence-electron chi connectivity index (χ1n) is 9.53. The third-order valence-electron chi connectivity index (χ3n) is 4.71. The van der Waals surface area contributed by atoms with Crippen molar-refractivity contribution in [3.63, 3.8) is 0 Å². The van der Waals surface area contributed by atoms with E-state index in [-0.39, 0.29) is 17.2 Å². The van der Waals surface area contributed by atoms with Crippen molar-refractivity contribution in [2.24, 2.45) is 0 Å². The van der Waals surface area contributed by atoms with Gasteiger partial charge in [-0.15, -0.1) is 10.2 Å². The summed E-state index contributed by atoms with van der Waals surface area (Å²) >= 11 is 1.43. The van der Waals surface area contributed by atoms with Gasteiger partial charge in [-0.3, -0.25) is 4.79 Å². The van der Waals surface area contributed by atoms with Crippen LogP contribution in [0.5, 0.6) is 0 Å². The van der Waals surface area contributed by atoms with Gasteiger partial charge in [-0.1, -0.05) is 72.4 Å². The summed E-state index contributed by atoms with van der Waals surface area (Å²) in [5.41, 5.74) is 5.48. The minimum absolute atomic E-state index is 0.0250. The number of aromatic nitrogens is 3. The second-order valence-corrected chi connectivity index (χ2v) is 7.81. The summed E-state index contributed by atoms with van der Waals surface area (Å²) in [6, 6.07) is 19.7. The Bertz CT molecular complexity index is 948. The zero-order valence-electron chi connectivity index (χ0n) is 16.1. The highest BCUT2D eigenvalue weighted by atomic mass is 32.2. The zero-order valence-corrected chi connectivity index (χ0v) is 16.9. The van der Waals surface area contributed by atoms with Gasteiger partial charge in [0.1, 0.15) is 5.25 Å². The molecule has 2 heterocycles. The van der Waals surface area contributed by atoms with Crippen LogP contribution in [-0.2, 0) is 9.53 Å². The Labute approximate surface area is 173 Å². The van der Waals surface area contributed by atoms with Gasteiger partial charge in [-0.25, -0.2) is 4.68 Å². The van der Waals surface area contributed by atoms with Crippen LogP contribution in [0.15, 0.2) is 65.8 Å². The molecule has 4 rings (SSSR count). The van der Waals surface area contributed by atoms with Crippen molar-refractivity contribution in [3.8, 4) is 11.4 Å². The van der Waals surface area contributed by atoms with Gasteiger partial charge in [0.25, 0.3) is 0 Å². The van der Waals surface area contributed by atoms with Crippen molar-refractivity contribution < 1.29 is 9.53 Å². The maximum absolute atomic E-state index is 13.0. The minimum atomic E-state index is -0.361. The van der Waals surface area contributed by atoms with E-state index in [2.05, 4.69) is 20.9 Å². The highest BCUT2D eigenvalue weighted by Crippen LogP contribution is 2.38. The molecule has 2 aromatic carbocycles. The first kappa shape index (κ1) is 19.5. The maximum Gasteiger partial charge on any atom is 0.236 e. The third-order valence-corrected chi connectivity index (χ3v) is 5.93. The van der Waals surface area contributed by atoms with Gasteiger partial charge in [-0.05, 0) is 12.0 Å². The summed E-state index contributed by atoms with van der Waals surface area (Å²) in [6.07, 6.45) is 0.775. The van der Waals surface area contributed by atoms with Crippen LogP contribution in [0, 0.1) is 0 Å². The van der Waals surface area contributed by atoms with Crippen molar-refractivity contribution in [1.82, 2.24) is 20.2 Å². The molecular formula is C21H23N5O2S. The monoisotopic (exact) mass is 409 g/mol. The molecule has 0 saturated heterocycles. The number of thioether (sulfide) groups is 1. The van der Waals surface area contributed by atoms with E-state index >= 15 is 0 Å². The number of nitrogens with zero attached hydrogens (tertiary/aromatic N) is 3. The Morgan fingerprint density at radius 1 is 1.14 bits per heavy atom. The topological polar surface area (TPSA) is 81.1 Å². The molecule has 1 aromatic heterocycles. The number of rotatable bonds is 7. The molecule has 2 N–H and O–H groups in total. The molecule has 1 aliphatic rings. The van der Waals surface area contributed by atoms with Gasteiger partial charge >= 0.3 is 0 Å². The largest absolute Gasteiger partial charge is 0.385 e. The summed E-state index contributed by atoms with van der Waals surface area (Å²) in [6.45, 7) is 1.19. The van der Waals surface area contributed by atoms with Crippen LogP contribution in [0.2, 0.25) is 0 Å². The molecule has 0 spiro atoms. The van der Waals surface area contributed by atoms with Gasteiger partial charge in [0.15, 0.2) is 5.82 Å². The maximum atomic E-state index is 13.0. The van der Waals surface area contributed by atoms with Crippen molar-refractivity contribution in [1.29, 1.82) is 0 Å². The number of carbonyl (C=O) groups excluding carboxylic acids is 1. The number of benzene rings is 2. The number of fused-ring (bicyclic) bond motifs is 1. The van der Waals surface area contributed by atoms with Crippen LogP contribution in [0.1, 0.15) is 18.0 Å². The average molecular weight is 410 g/mol. The molecule has 0 radical (unpaired) electrons. The molecule has 0 aliphatic carbocycles.